The first-order valence-electron chi connectivity index (χ1n) is 5.72. The molecule has 0 amide bonds. The van der Waals surface area contributed by atoms with Crippen LogP contribution < -0.4 is 5.32 Å². The van der Waals surface area contributed by atoms with Crippen molar-refractivity contribution in [2.24, 2.45) is 0 Å². The highest BCUT2D eigenvalue weighted by molar-refractivity contribution is 7.11. The fourth-order valence-electron chi connectivity index (χ4n) is 1.79. The normalized spacial score (nSPS) is 12.7. The molecule has 0 saturated heterocycles. The van der Waals surface area contributed by atoms with Gasteiger partial charge >= 0.3 is 0 Å². The molecule has 18 heavy (non-hydrogen) atoms. The molecule has 2 nitrogen and oxygen atoms in total. The Kier molecular flexibility index (Phi) is 4.04. The molecule has 1 aromatic carbocycles. The van der Waals surface area contributed by atoms with Gasteiger partial charge in [0, 0.05) is 11.1 Å². The van der Waals surface area contributed by atoms with Gasteiger partial charge in [-0.3, -0.25) is 0 Å². The quantitative estimate of drug-likeness (QED) is 0.919. The zero-order chi connectivity index (χ0) is 13.1. The molecule has 0 aliphatic rings. The lowest BCUT2D eigenvalue weighted by atomic mass is 10.1. The fourth-order valence-corrected chi connectivity index (χ4v) is 2.68. The third kappa shape index (κ3) is 2.73. The molecule has 1 N–H and O–H groups in total. The summed E-state index contributed by atoms with van der Waals surface area (Å²) >= 11 is 1.55. The summed E-state index contributed by atoms with van der Waals surface area (Å²) in [6.07, 6.45) is 1.77. The minimum absolute atomic E-state index is 0.142. The van der Waals surface area contributed by atoms with Crippen LogP contribution in [-0.2, 0) is 0 Å². The van der Waals surface area contributed by atoms with E-state index in [0.717, 1.165) is 22.5 Å². The predicted octanol–water partition coefficient (Wildman–Crippen LogP) is 3.43. The van der Waals surface area contributed by atoms with Gasteiger partial charge in [-0.15, -0.1) is 11.3 Å². The van der Waals surface area contributed by atoms with E-state index in [9.17, 15) is 8.78 Å². The summed E-state index contributed by atoms with van der Waals surface area (Å²) in [6, 6.07) is 3.85. The third-order valence-corrected chi connectivity index (χ3v) is 3.59. The Morgan fingerprint density at radius 2 is 2.11 bits per heavy atom. The van der Waals surface area contributed by atoms with E-state index < -0.39 is 11.6 Å². The maximum Gasteiger partial charge on any atom is 0.159 e. The van der Waals surface area contributed by atoms with E-state index in [0.29, 0.717) is 5.56 Å². The second-order valence-electron chi connectivity index (χ2n) is 3.95. The molecular weight excluding hydrogens is 254 g/mol. The Morgan fingerprint density at radius 1 is 1.33 bits per heavy atom. The van der Waals surface area contributed by atoms with E-state index in [-0.39, 0.29) is 6.04 Å². The van der Waals surface area contributed by atoms with Crippen LogP contribution in [0.3, 0.4) is 0 Å². The largest absolute Gasteiger partial charge is 0.306 e. The van der Waals surface area contributed by atoms with Crippen molar-refractivity contribution < 1.29 is 8.78 Å². The van der Waals surface area contributed by atoms with Gasteiger partial charge in [-0.05, 0) is 31.2 Å². The first kappa shape index (κ1) is 13.1. The number of benzene rings is 1. The summed E-state index contributed by atoms with van der Waals surface area (Å²) in [5.41, 5.74) is 0.708. The Bertz CT molecular complexity index is 540. The lowest BCUT2D eigenvalue weighted by molar-refractivity contribution is 0.504. The SMILES string of the molecule is CCNC(c1ccc(F)c(F)c1)c1cnc(C)s1. The number of aryl methyl sites for hydroxylation is 1. The highest BCUT2D eigenvalue weighted by atomic mass is 32.1. The molecule has 0 aliphatic carbocycles. The lowest BCUT2D eigenvalue weighted by Gasteiger charge is -2.16. The molecule has 0 fully saturated rings. The van der Waals surface area contributed by atoms with E-state index >= 15 is 0 Å². The van der Waals surface area contributed by atoms with Crippen molar-refractivity contribution in [2.45, 2.75) is 19.9 Å². The van der Waals surface area contributed by atoms with Crippen molar-refractivity contribution in [2.75, 3.05) is 6.54 Å². The molecule has 2 aromatic rings. The highest BCUT2D eigenvalue weighted by Crippen LogP contribution is 2.27. The predicted molar refractivity (Wildman–Crippen MR) is 68.7 cm³/mol. The third-order valence-electron chi connectivity index (χ3n) is 2.61. The van der Waals surface area contributed by atoms with Crippen molar-refractivity contribution in [1.29, 1.82) is 0 Å². The standard InChI is InChI=1S/C13H14F2N2S/c1-3-16-13(12-7-17-8(2)18-12)9-4-5-10(14)11(15)6-9/h4-7,13,16H,3H2,1-2H3. The summed E-state index contributed by atoms with van der Waals surface area (Å²) in [5, 5.41) is 4.21. The Labute approximate surface area is 109 Å². The number of halogens is 2. The fraction of sp³-hybridized carbons (Fsp3) is 0.308. The highest BCUT2D eigenvalue weighted by Gasteiger charge is 2.17. The molecular formula is C13H14F2N2S. The number of hydrogen-bond donors (Lipinski definition) is 1. The van der Waals surface area contributed by atoms with Crippen molar-refractivity contribution in [3.05, 3.63) is 51.5 Å². The average molecular weight is 268 g/mol. The van der Waals surface area contributed by atoms with Crippen LogP contribution >= 0.6 is 11.3 Å². The molecule has 1 atom stereocenters. The van der Waals surface area contributed by atoms with Crippen molar-refractivity contribution in [3.8, 4) is 0 Å². The zero-order valence-corrected chi connectivity index (χ0v) is 11.0. The molecule has 0 radical (unpaired) electrons. The van der Waals surface area contributed by atoms with Gasteiger partial charge in [0.05, 0.1) is 11.0 Å². The van der Waals surface area contributed by atoms with Crippen LogP contribution in [0, 0.1) is 18.6 Å². The minimum atomic E-state index is -0.825. The Balaban J connectivity index is 2.37. The number of nitrogens with one attached hydrogen (secondary N) is 1. The van der Waals surface area contributed by atoms with Crippen LogP contribution in [0.4, 0.5) is 8.78 Å². The molecule has 96 valence electrons. The molecule has 0 bridgehead atoms. The van der Waals surface area contributed by atoms with Gasteiger partial charge in [-0.1, -0.05) is 13.0 Å². The summed E-state index contributed by atoms with van der Waals surface area (Å²) in [4.78, 5) is 5.20. The van der Waals surface area contributed by atoms with Gasteiger partial charge in [0.15, 0.2) is 11.6 Å². The molecule has 0 aliphatic heterocycles. The van der Waals surface area contributed by atoms with Crippen molar-refractivity contribution in [1.82, 2.24) is 10.3 Å². The second kappa shape index (κ2) is 5.54. The van der Waals surface area contributed by atoms with Crippen LogP contribution in [-0.4, -0.2) is 11.5 Å². The average Bonchev–Trinajstić information content (AvgIpc) is 2.76. The van der Waals surface area contributed by atoms with Crippen LogP contribution in [0.15, 0.2) is 24.4 Å². The number of nitrogens with zero attached hydrogens (tertiary/aromatic N) is 1. The van der Waals surface area contributed by atoms with Crippen LogP contribution in [0.1, 0.15) is 28.4 Å². The Morgan fingerprint density at radius 3 is 2.67 bits per heavy atom. The number of thiazole rings is 1. The van der Waals surface area contributed by atoms with Gasteiger partial charge in [0.25, 0.3) is 0 Å². The summed E-state index contributed by atoms with van der Waals surface area (Å²) < 4.78 is 26.2. The molecule has 0 saturated carbocycles. The first-order chi connectivity index (χ1) is 8.61. The monoisotopic (exact) mass is 268 g/mol. The van der Waals surface area contributed by atoms with Crippen LogP contribution in [0.25, 0.3) is 0 Å². The molecule has 1 unspecified atom stereocenters. The van der Waals surface area contributed by atoms with Gasteiger partial charge in [0.2, 0.25) is 0 Å². The van der Waals surface area contributed by atoms with Gasteiger partial charge in [0.1, 0.15) is 0 Å². The lowest BCUT2D eigenvalue weighted by Crippen LogP contribution is -2.21. The van der Waals surface area contributed by atoms with Gasteiger partial charge in [-0.25, -0.2) is 13.8 Å². The van der Waals surface area contributed by atoms with Crippen LogP contribution in [0.5, 0.6) is 0 Å². The molecule has 5 heteroatoms. The number of rotatable bonds is 4. The maximum absolute atomic E-state index is 13.3. The van der Waals surface area contributed by atoms with Crippen molar-refractivity contribution in [3.63, 3.8) is 0 Å². The smallest absolute Gasteiger partial charge is 0.159 e. The molecule has 1 heterocycles. The van der Waals surface area contributed by atoms with Crippen molar-refractivity contribution >= 4 is 11.3 Å². The van der Waals surface area contributed by atoms with E-state index in [1.165, 1.54) is 6.07 Å². The van der Waals surface area contributed by atoms with Crippen LogP contribution in [0.2, 0.25) is 0 Å². The topological polar surface area (TPSA) is 24.9 Å². The summed E-state index contributed by atoms with van der Waals surface area (Å²) in [5.74, 6) is -1.65. The van der Waals surface area contributed by atoms with E-state index in [2.05, 4.69) is 10.3 Å². The molecule has 2 rings (SSSR count). The van der Waals surface area contributed by atoms with Gasteiger partial charge < -0.3 is 5.32 Å². The van der Waals surface area contributed by atoms with E-state index in [1.807, 2.05) is 13.8 Å². The zero-order valence-electron chi connectivity index (χ0n) is 10.2. The maximum atomic E-state index is 13.3. The molecule has 1 aromatic heterocycles. The number of aromatic nitrogens is 1. The summed E-state index contributed by atoms with van der Waals surface area (Å²) in [6.45, 7) is 4.63. The van der Waals surface area contributed by atoms with Gasteiger partial charge in [-0.2, -0.15) is 0 Å². The Hall–Kier alpha value is -1.33. The second-order valence-corrected chi connectivity index (χ2v) is 5.21. The number of hydrogen-bond acceptors (Lipinski definition) is 3. The molecule has 0 spiro atoms. The van der Waals surface area contributed by atoms with E-state index in [4.69, 9.17) is 0 Å². The minimum Gasteiger partial charge on any atom is -0.306 e. The summed E-state index contributed by atoms with van der Waals surface area (Å²) in [7, 11) is 0. The van der Waals surface area contributed by atoms with E-state index in [1.54, 1.807) is 23.6 Å². The first-order valence-corrected chi connectivity index (χ1v) is 6.54.